The molecule has 0 aliphatic heterocycles. The first-order chi connectivity index (χ1) is 17.9. The molecule has 0 bridgehead atoms. The number of anilines is 1. The van der Waals surface area contributed by atoms with Crippen molar-refractivity contribution in [1.29, 1.82) is 5.26 Å². The van der Waals surface area contributed by atoms with Crippen LogP contribution in [0.3, 0.4) is 0 Å². The highest BCUT2D eigenvalue weighted by molar-refractivity contribution is 7.98. The average molecular weight is 511 g/mol. The normalized spacial score (nSPS) is 12.1. The van der Waals surface area contributed by atoms with Crippen molar-refractivity contribution in [3.05, 3.63) is 83.8 Å². The lowest BCUT2D eigenvalue weighted by Crippen LogP contribution is -2.19. The molecule has 2 aromatic heterocycles. The average Bonchev–Trinajstić information content (AvgIpc) is 2.94. The van der Waals surface area contributed by atoms with Crippen LogP contribution in [0, 0.1) is 11.3 Å². The van der Waals surface area contributed by atoms with Gasteiger partial charge in [-0.2, -0.15) is 17.0 Å². The third-order valence-corrected chi connectivity index (χ3v) is 7.20. The van der Waals surface area contributed by atoms with E-state index in [-0.39, 0.29) is 11.8 Å². The summed E-state index contributed by atoms with van der Waals surface area (Å²) in [5, 5.41) is 16.4. The summed E-state index contributed by atoms with van der Waals surface area (Å²) < 4.78 is 0. The molecule has 0 saturated carbocycles. The fourth-order valence-corrected chi connectivity index (χ4v) is 4.98. The van der Waals surface area contributed by atoms with Gasteiger partial charge in [0.1, 0.15) is 12.1 Å². The molecule has 0 spiro atoms. The summed E-state index contributed by atoms with van der Waals surface area (Å²) in [6.45, 7) is 4.46. The number of nitrogens with zero attached hydrogens (tertiary/aromatic N) is 4. The molecule has 8 heteroatoms. The van der Waals surface area contributed by atoms with Crippen LogP contribution in [0.2, 0.25) is 0 Å². The number of rotatable bonds is 9. The van der Waals surface area contributed by atoms with E-state index >= 15 is 0 Å². The standard InChI is InChI=1S/C29H30N6OS/c1-29(2,17-30)21-10-8-19(9-11-21)25-14-26(35-18-34-25)33-15-20(16-37-4)22-6-5-7-23-24(28(36)31-3)12-13-32-27(22)23/h5-14,18,20H,15-16H2,1-4H3,(H,31,36)(H,33,34,35). The summed E-state index contributed by atoms with van der Waals surface area (Å²) in [6.07, 6.45) is 5.34. The number of hydrogen-bond acceptors (Lipinski definition) is 7. The summed E-state index contributed by atoms with van der Waals surface area (Å²) in [4.78, 5) is 25.9. The van der Waals surface area contributed by atoms with E-state index in [1.165, 1.54) is 0 Å². The van der Waals surface area contributed by atoms with Crippen molar-refractivity contribution in [3.63, 3.8) is 0 Å². The SMILES string of the molecule is CNC(=O)c1ccnc2c(C(CNc3cc(-c4ccc(C(C)(C)C#N)cc4)ncn3)CSC)cccc12. The van der Waals surface area contributed by atoms with Crippen molar-refractivity contribution >= 4 is 34.4 Å². The zero-order chi connectivity index (χ0) is 26.4. The highest BCUT2D eigenvalue weighted by Crippen LogP contribution is 2.30. The van der Waals surface area contributed by atoms with Crippen LogP contribution in [0.25, 0.3) is 22.2 Å². The van der Waals surface area contributed by atoms with Crippen LogP contribution in [-0.4, -0.2) is 46.5 Å². The van der Waals surface area contributed by atoms with Gasteiger partial charge in [0.05, 0.1) is 28.3 Å². The molecule has 37 heavy (non-hydrogen) atoms. The first kappa shape index (κ1) is 26.1. The van der Waals surface area contributed by atoms with E-state index in [1.807, 2.05) is 56.3 Å². The van der Waals surface area contributed by atoms with Crippen LogP contribution in [0.1, 0.15) is 41.3 Å². The molecule has 2 aromatic carbocycles. The number of para-hydroxylation sites is 1. The van der Waals surface area contributed by atoms with Crippen molar-refractivity contribution in [1.82, 2.24) is 20.3 Å². The van der Waals surface area contributed by atoms with Gasteiger partial charge in [0, 0.05) is 48.5 Å². The molecule has 2 heterocycles. The summed E-state index contributed by atoms with van der Waals surface area (Å²) >= 11 is 1.77. The Kier molecular flexibility index (Phi) is 8.04. The number of carbonyl (C=O) groups is 1. The molecule has 188 valence electrons. The molecule has 0 saturated heterocycles. The van der Waals surface area contributed by atoms with E-state index in [1.54, 1.807) is 37.4 Å². The molecule has 1 unspecified atom stereocenters. The van der Waals surface area contributed by atoms with Gasteiger partial charge < -0.3 is 10.6 Å². The third kappa shape index (κ3) is 5.73. The Bertz CT molecular complexity index is 1450. The Morgan fingerprint density at radius 3 is 2.59 bits per heavy atom. The number of thioether (sulfide) groups is 1. The monoisotopic (exact) mass is 510 g/mol. The van der Waals surface area contributed by atoms with E-state index in [4.69, 9.17) is 0 Å². The Labute approximate surface area is 221 Å². The van der Waals surface area contributed by atoms with Crippen molar-refractivity contribution in [3.8, 4) is 17.3 Å². The van der Waals surface area contributed by atoms with Gasteiger partial charge in [0.15, 0.2) is 0 Å². The molecule has 7 nitrogen and oxygen atoms in total. The highest BCUT2D eigenvalue weighted by Gasteiger charge is 2.20. The number of fused-ring (bicyclic) bond motifs is 1. The fraction of sp³-hybridized carbons (Fsp3) is 0.276. The Hall–Kier alpha value is -3.96. The first-order valence-electron chi connectivity index (χ1n) is 12.0. The number of amides is 1. The lowest BCUT2D eigenvalue weighted by Gasteiger charge is -2.20. The number of aromatic nitrogens is 3. The van der Waals surface area contributed by atoms with Crippen molar-refractivity contribution < 1.29 is 4.79 Å². The number of nitriles is 1. The Morgan fingerprint density at radius 2 is 1.89 bits per heavy atom. The highest BCUT2D eigenvalue weighted by atomic mass is 32.2. The maximum absolute atomic E-state index is 12.4. The second kappa shape index (κ2) is 11.4. The van der Waals surface area contributed by atoms with Crippen LogP contribution >= 0.6 is 11.8 Å². The lowest BCUT2D eigenvalue weighted by molar-refractivity contribution is 0.0964. The molecule has 0 fully saturated rings. The second-order valence-electron chi connectivity index (χ2n) is 9.32. The topological polar surface area (TPSA) is 104 Å². The predicted octanol–water partition coefficient (Wildman–Crippen LogP) is 5.41. The smallest absolute Gasteiger partial charge is 0.251 e. The minimum Gasteiger partial charge on any atom is -0.369 e. The number of nitrogens with one attached hydrogen (secondary N) is 2. The number of hydrogen-bond donors (Lipinski definition) is 2. The van der Waals surface area contributed by atoms with Gasteiger partial charge in [-0.05, 0) is 37.3 Å². The number of benzene rings is 2. The Morgan fingerprint density at radius 1 is 1.11 bits per heavy atom. The van der Waals surface area contributed by atoms with Crippen molar-refractivity contribution in [2.45, 2.75) is 25.2 Å². The Balaban J connectivity index is 1.58. The van der Waals surface area contributed by atoms with Crippen LogP contribution < -0.4 is 10.6 Å². The van der Waals surface area contributed by atoms with Crippen LogP contribution in [0.15, 0.2) is 67.1 Å². The van der Waals surface area contributed by atoms with Gasteiger partial charge in [-0.15, -0.1) is 0 Å². The van der Waals surface area contributed by atoms with Crippen molar-refractivity contribution in [2.75, 3.05) is 30.9 Å². The number of pyridine rings is 1. The van der Waals surface area contributed by atoms with Crippen LogP contribution in [-0.2, 0) is 5.41 Å². The van der Waals surface area contributed by atoms with E-state index in [0.717, 1.165) is 44.9 Å². The number of carbonyl (C=O) groups excluding carboxylic acids is 1. The molecule has 1 atom stereocenters. The molecular weight excluding hydrogens is 480 g/mol. The first-order valence-corrected chi connectivity index (χ1v) is 13.4. The molecule has 2 N–H and O–H groups in total. The van der Waals surface area contributed by atoms with E-state index in [2.05, 4.69) is 44.0 Å². The molecule has 4 rings (SSSR count). The molecule has 1 amide bonds. The summed E-state index contributed by atoms with van der Waals surface area (Å²) in [5.41, 5.74) is 4.75. The van der Waals surface area contributed by atoms with Gasteiger partial charge >= 0.3 is 0 Å². The summed E-state index contributed by atoms with van der Waals surface area (Å²) in [7, 11) is 1.64. The molecule has 4 aromatic rings. The molecular formula is C29H30N6OS. The van der Waals surface area contributed by atoms with E-state index < -0.39 is 5.41 Å². The maximum Gasteiger partial charge on any atom is 0.251 e. The fourth-order valence-electron chi connectivity index (χ4n) is 4.28. The zero-order valence-electron chi connectivity index (χ0n) is 21.4. The van der Waals surface area contributed by atoms with Gasteiger partial charge in [0.25, 0.3) is 5.91 Å². The van der Waals surface area contributed by atoms with Crippen LogP contribution in [0.4, 0.5) is 5.82 Å². The molecule has 0 radical (unpaired) electrons. The minimum absolute atomic E-state index is 0.123. The lowest BCUT2D eigenvalue weighted by atomic mass is 9.86. The third-order valence-electron chi connectivity index (χ3n) is 6.46. The quantitative estimate of drug-likeness (QED) is 0.310. The summed E-state index contributed by atoms with van der Waals surface area (Å²) in [5.74, 6) is 1.64. The van der Waals surface area contributed by atoms with Gasteiger partial charge in [-0.1, -0.05) is 42.5 Å². The van der Waals surface area contributed by atoms with E-state index in [9.17, 15) is 10.1 Å². The van der Waals surface area contributed by atoms with Gasteiger partial charge in [-0.3, -0.25) is 9.78 Å². The minimum atomic E-state index is -0.541. The van der Waals surface area contributed by atoms with Crippen molar-refractivity contribution in [2.24, 2.45) is 0 Å². The molecule has 0 aliphatic carbocycles. The van der Waals surface area contributed by atoms with Crippen LogP contribution in [0.5, 0.6) is 0 Å². The van der Waals surface area contributed by atoms with E-state index in [0.29, 0.717) is 12.1 Å². The van der Waals surface area contributed by atoms with Gasteiger partial charge in [-0.25, -0.2) is 9.97 Å². The summed E-state index contributed by atoms with van der Waals surface area (Å²) in [6, 6.07) is 20.0. The van der Waals surface area contributed by atoms with Gasteiger partial charge in [0.2, 0.25) is 0 Å². The maximum atomic E-state index is 12.4. The predicted molar refractivity (Wildman–Crippen MR) is 151 cm³/mol. The zero-order valence-corrected chi connectivity index (χ0v) is 22.3. The second-order valence-corrected chi connectivity index (χ2v) is 10.2. The molecule has 0 aliphatic rings. The largest absolute Gasteiger partial charge is 0.369 e.